The number of piperazine rings is 1. The van der Waals surface area contributed by atoms with Crippen LogP contribution in [0.15, 0.2) is 225 Å². The molecule has 0 spiro atoms. The minimum atomic E-state index is -4.52. The Labute approximate surface area is 701 Å². The summed E-state index contributed by atoms with van der Waals surface area (Å²) in [7, 11) is -5.10. The average Bonchev–Trinajstić information content (AvgIpc) is 0.807. The molecule has 8 aromatic carbocycles. The van der Waals surface area contributed by atoms with E-state index < -0.39 is 56.4 Å². The van der Waals surface area contributed by atoms with Crippen molar-refractivity contribution in [3.8, 4) is 28.2 Å². The number of hydrogen-bond acceptors (Lipinski definition) is 17. The molecule has 9 aromatic rings. The zero-order valence-corrected chi connectivity index (χ0v) is 70.9. The van der Waals surface area contributed by atoms with Crippen molar-refractivity contribution in [1.82, 2.24) is 49.6 Å². The third-order valence-electron chi connectivity index (χ3n) is 22.1. The van der Waals surface area contributed by atoms with Crippen molar-refractivity contribution in [2.24, 2.45) is 5.92 Å². The normalized spacial score (nSPS) is 13.3. The van der Waals surface area contributed by atoms with Crippen molar-refractivity contribution in [1.29, 1.82) is 0 Å². The van der Waals surface area contributed by atoms with Crippen LogP contribution in [0.4, 0.5) is 11.4 Å². The summed E-state index contributed by atoms with van der Waals surface area (Å²) in [5.41, 5.74) is 8.16. The molecule has 1 fully saturated rings. The van der Waals surface area contributed by atoms with Gasteiger partial charge in [0.1, 0.15) is 41.9 Å². The first-order chi connectivity index (χ1) is 57.8. The molecule has 27 heteroatoms. The molecule has 2 aliphatic heterocycles. The molecular weight excluding hydrogens is 1560 g/mol. The van der Waals surface area contributed by atoms with Gasteiger partial charge in [-0.1, -0.05) is 141 Å². The van der Waals surface area contributed by atoms with E-state index >= 15 is 0 Å². The van der Waals surface area contributed by atoms with E-state index in [-0.39, 0.29) is 101 Å². The maximum atomic E-state index is 14.9. The molecule has 12 rings (SSSR count). The Kier molecular flexibility index (Phi) is 29.0. The van der Waals surface area contributed by atoms with Crippen molar-refractivity contribution in [2.45, 2.75) is 132 Å². The van der Waals surface area contributed by atoms with Crippen LogP contribution in [0.1, 0.15) is 129 Å². The van der Waals surface area contributed by atoms with Crippen LogP contribution in [0.25, 0.3) is 44.2 Å². The third kappa shape index (κ3) is 20.8. The number of carbonyl (C=O) groups is 6. The van der Waals surface area contributed by atoms with Crippen LogP contribution >= 0.6 is 0 Å². The quantitative estimate of drug-likeness (QED) is 0.0105. The Morgan fingerprint density at radius 3 is 1.99 bits per heavy atom. The third-order valence-corrected chi connectivity index (χ3v) is 25.8. The second-order valence-corrected chi connectivity index (χ2v) is 34.8. The Balaban J connectivity index is 0.652. The Morgan fingerprint density at radius 1 is 0.608 bits per heavy atom. The fourth-order valence-electron chi connectivity index (χ4n) is 15.6. The molecule has 120 heavy (non-hydrogen) atoms. The predicted molar refractivity (Wildman–Crippen MR) is 466 cm³/mol. The van der Waals surface area contributed by atoms with Crippen LogP contribution in [-0.2, 0) is 58.4 Å². The molecule has 3 aliphatic rings. The van der Waals surface area contributed by atoms with Crippen LogP contribution < -0.4 is 35.7 Å². The van der Waals surface area contributed by atoms with Gasteiger partial charge in [0.2, 0.25) is 48.8 Å². The van der Waals surface area contributed by atoms with Gasteiger partial charge in [-0.3, -0.25) is 28.8 Å². The zero-order valence-electron chi connectivity index (χ0n) is 69.3. The summed E-state index contributed by atoms with van der Waals surface area (Å²) < 4.78 is 70.5. The van der Waals surface area contributed by atoms with Gasteiger partial charge in [0.15, 0.2) is 5.78 Å². The molecule has 1 aromatic heterocycles. The van der Waals surface area contributed by atoms with Crippen molar-refractivity contribution in [3.63, 3.8) is 0 Å². The summed E-state index contributed by atoms with van der Waals surface area (Å²) in [6.07, 6.45) is 1.63. The summed E-state index contributed by atoms with van der Waals surface area (Å²) in [5.74, 6) is -1.33. The first-order valence-corrected chi connectivity index (χ1v) is 44.1. The second kappa shape index (κ2) is 39.8. The standard InChI is InChI=1S/C93H106N12O13S2/c1-9-100(10-2)69-41-45-78-84(56-69)118-85-57-70(101(11-3)12-4)42-46-79(85)90(78)76-28-18-19-29-77(76)93(113)103-52-50-102(51-53-103)89(110)48-47-87(108)94-49-20-14-17-34-88(109)96-80(54-64-35-39-67(40-36-64)91(111)66-24-15-13-16-25-66)92(112)95-59-68-61-105(98-97-68)82(55-65-37-43-71(106)44-38-65)83(107)62-104(60-63(5)6)120(116,117)73-27-21-26-72(58-73)119(114,115)86-33-23-30-74-75(86)31-22-32-81(74)99(7)8/h13,15-16,18-19,21-33,35-46,56-58,61,63,80,82-83,107H,9-12,14,17,20,34,47-55,59-60,62H2,1-8H3,(H3-,94,95,96,106,108,109,112)/p+1/t80-,82-,83?/m0/s1. The summed E-state index contributed by atoms with van der Waals surface area (Å²) in [6, 6.07) is 55.5. The number of aromatic nitrogens is 3. The Hall–Kier alpha value is -11.9. The molecule has 628 valence electrons. The van der Waals surface area contributed by atoms with Gasteiger partial charge in [-0.05, 0) is 136 Å². The predicted octanol–water partition coefficient (Wildman–Crippen LogP) is 11.7. The van der Waals surface area contributed by atoms with E-state index in [1.807, 2.05) is 75.3 Å². The number of sulfonamides is 1. The van der Waals surface area contributed by atoms with Crippen LogP contribution in [0.5, 0.6) is 5.75 Å². The highest BCUT2D eigenvalue weighted by atomic mass is 32.2. The molecule has 5 N–H and O–H groups in total. The smallest absolute Gasteiger partial charge is 0.254 e. The molecule has 0 radical (unpaired) electrons. The number of hydrogen-bond donors (Lipinski definition) is 5. The topological polar surface area (TPSA) is 310 Å². The summed E-state index contributed by atoms with van der Waals surface area (Å²) in [6.45, 7) is 16.3. The number of rotatable bonds is 37. The molecule has 1 saturated heterocycles. The summed E-state index contributed by atoms with van der Waals surface area (Å²) in [4.78, 5) is 90.3. The van der Waals surface area contributed by atoms with E-state index in [0.717, 1.165) is 75.4 Å². The largest absolute Gasteiger partial charge is 0.508 e. The number of nitrogens with zero attached hydrogens (tertiary/aromatic N) is 9. The Bertz CT molecular complexity index is 5760. The van der Waals surface area contributed by atoms with Crippen molar-refractivity contribution < 1.29 is 60.2 Å². The van der Waals surface area contributed by atoms with Gasteiger partial charge in [0.05, 0.1) is 45.6 Å². The molecule has 25 nitrogen and oxygen atoms in total. The minimum absolute atomic E-state index is 0.00320. The molecule has 1 unspecified atom stereocenters. The van der Waals surface area contributed by atoms with E-state index in [1.165, 1.54) is 47.3 Å². The maximum absolute atomic E-state index is 14.9. The molecule has 3 heterocycles. The van der Waals surface area contributed by atoms with Crippen molar-refractivity contribution >= 4 is 88.3 Å². The highest BCUT2D eigenvalue weighted by Crippen LogP contribution is 2.43. The number of aliphatic hydroxyl groups is 1. The minimum Gasteiger partial charge on any atom is -0.508 e. The van der Waals surface area contributed by atoms with E-state index in [2.05, 4.69) is 99.8 Å². The zero-order chi connectivity index (χ0) is 85.4. The second-order valence-electron chi connectivity index (χ2n) is 30.9. The van der Waals surface area contributed by atoms with Gasteiger partial charge in [0, 0.05) is 166 Å². The lowest BCUT2D eigenvalue weighted by molar-refractivity contribution is -0.134. The lowest BCUT2D eigenvalue weighted by Crippen LogP contribution is -2.50. The van der Waals surface area contributed by atoms with Crippen LogP contribution in [0.3, 0.4) is 0 Å². The van der Waals surface area contributed by atoms with Gasteiger partial charge in [0.25, 0.3) is 5.91 Å². The highest BCUT2D eigenvalue weighted by Gasteiger charge is 2.35. The fourth-order valence-corrected chi connectivity index (χ4v) is 18.9. The highest BCUT2D eigenvalue weighted by molar-refractivity contribution is 7.92. The van der Waals surface area contributed by atoms with Crippen molar-refractivity contribution in [2.75, 3.05) is 95.9 Å². The van der Waals surface area contributed by atoms with Gasteiger partial charge in [-0.2, -0.15) is 4.31 Å². The number of benzene rings is 9. The monoisotopic (exact) mass is 1660 g/mol. The number of unbranched alkanes of at least 4 members (excludes halogenated alkanes) is 2. The number of sulfone groups is 1. The number of phenols is 1. The molecular formula is C93H107N12O13S2+. The van der Waals surface area contributed by atoms with E-state index in [0.29, 0.717) is 102 Å². The number of aromatic hydroxyl groups is 1. The first kappa shape index (κ1) is 87.4. The number of amides is 5. The van der Waals surface area contributed by atoms with Gasteiger partial charge >= 0.3 is 0 Å². The lowest BCUT2D eigenvalue weighted by Gasteiger charge is -2.35. The van der Waals surface area contributed by atoms with Crippen LogP contribution in [0, 0.1) is 5.92 Å². The fraction of sp³-hybridized carbons (Fsp3) is 0.344. The number of nitrogens with one attached hydrogen (secondary N) is 3. The van der Waals surface area contributed by atoms with Crippen molar-refractivity contribution in [3.05, 3.63) is 245 Å². The van der Waals surface area contributed by atoms with Gasteiger partial charge < -0.3 is 50.2 Å². The number of aliphatic hydroxyl groups excluding tert-OH is 1. The van der Waals surface area contributed by atoms with Gasteiger partial charge in [-0.25, -0.2) is 26.1 Å². The maximum Gasteiger partial charge on any atom is 0.254 e. The van der Waals surface area contributed by atoms with E-state index in [4.69, 9.17) is 4.42 Å². The molecule has 0 bridgehead atoms. The lowest BCUT2D eigenvalue weighted by atomic mass is 9.90. The van der Waals surface area contributed by atoms with E-state index in [1.54, 1.807) is 88.7 Å². The SMILES string of the molecule is CCN(CC)c1ccc2c(-c3ccccc3C(=O)N3CCN(C(=O)CCC(=O)NCCCCCC(=O)N[C@@H](Cc4ccc(C(=O)c5ccccc5)cc4)C(=O)NCc4cn([C@@H](Cc5ccc(O)cc5)C(O)CN(CC(C)C)S(=O)(=O)c5cccc(S(=O)(=O)c6cccc7c(N(C)C)cccc67)c5)nn4)CC3)c3ccc(=[N+](CC)CC)cc-3oc2c1. The van der Waals surface area contributed by atoms with Gasteiger partial charge in [-0.15, -0.1) is 5.10 Å². The van der Waals surface area contributed by atoms with Crippen LogP contribution in [0.2, 0.25) is 0 Å². The molecule has 3 atom stereocenters. The number of phenolic OH excluding ortho intramolecular Hbond substituents is 1. The molecule has 5 amide bonds. The Morgan fingerprint density at radius 2 is 1.27 bits per heavy atom. The number of ketones is 1. The number of anilines is 2. The van der Waals surface area contributed by atoms with Crippen LogP contribution in [-0.4, -0.2) is 190 Å². The number of fused-ring (bicyclic) bond motifs is 3. The summed E-state index contributed by atoms with van der Waals surface area (Å²) >= 11 is 0. The molecule has 1 aliphatic carbocycles. The summed E-state index contributed by atoms with van der Waals surface area (Å²) in [5, 5.41) is 43.2. The average molecular weight is 1670 g/mol. The first-order valence-electron chi connectivity index (χ1n) is 41.2. The van der Waals surface area contributed by atoms with E-state index in [9.17, 15) is 55.8 Å². The molecule has 0 saturated carbocycles. The number of carbonyl (C=O) groups excluding carboxylic acids is 6.